The molecule has 2 saturated heterocycles. The molecule has 3 aromatic carbocycles. The monoisotopic (exact) mass is 624 g/mol. The highest BCUT2D eigenvalue weighted by Crippen LogP contribution is 2.40. The Kier molecular flexibility index (Phi) is 9.21. The van der Waals surface area contributed by atoms with Gasteiger partial charge in [-0.2, -0.15) is 13.2 Å². The summed E-state index contributed by atoms with van der Waals surface area (Å²) in [6.45, 7) is 0.762. The Morgan fingerprint density at radius 1 is 0.911 bits per heavy atom. The number of carbonyl (C=O) groups is 3. The van der Waals surface area contributed by atoms with E-state index in [1.807, 2.05) is 47.4 Å². The molecule has 2 fully saturated rings. The number of halogens is 3. The molecule has 1 spiro atoms. The van der Waals surface area contributed by atoms with E-state index < -0.39 is 23.2 Å². The third-order valence-electron chi connectivity index (χ3n) is 8.41. The van der Waals surface area contributed by atoms with Crippen LogP contribution in [0.15, 0.2) is 72.8 Å². The molecule has 0 radical (unpaired) electrons. The molecular formula is C33H35F3N4O5. The molecule has 5 rings (SSSR count). The second-order valence-corrected chi connectivity index (χ2v) is 11.1. The second kappa shape index (κ2) is 13.1. The summed E-state index contributed by atoms with van der Waals surface area (Å²) < 4.78 is 50.3. The summed E-state index contributed by atoms with van der Waals surface area (Å²) in [4.78, 5) is 45.1. The zero-order valence-corrected chi connectivity index (χ0v) is 25.1. The summed E-state index contributed by atoms with van der Waals surface area (Å²) in [7, 11) is 3.12. The molecule has 2 aliphatic rings. The predicted molar refractivity (Wildman–Crippen MR) is 161 cm³/mol. The van der Waals surface area contributed by atoms with Gasteiger partial charge in [-0.05, 0) is 67.3 Å². The van der Waals surface area contributed by atoms with Crippen molar-refractivity contribution >= 4 is 23.4 Å². The van der Waals surface area contributed by atoms with Gasteiger partial charge in [-0.15, -0.1) is 0 Å². The largest absolute Gasteiger partial charge is 0.493 e. The number of hydrogen-bond acceptors (Lipinski definition) is 6. The molecule has 0 unspecified atom stereocenters. The lowest BCUT2D eigenvalue weighted by molar-refractivity contribution is -0.137. The number of methoxy groups -OCH3 is 2. The van der Waals surface area contributed by atoms with Crippen molar-refractivity contribution in [2.45, 2.75) is 31.0 Å². The minimum Gasteiger partial charge on any atom is -0.493 e. The number of amides is 3. The summed E-state index contributed by atoms with van der Waals surface area (Å²) in [5, 5.41) is 2.89. The minimum absolute atomic E-state index is 0.0511. The molecule has 0 aliphatic carbocycles. The lowest BCUT2D eigenvalue weighted by Gasteiger charge is -2.43. The van der Waals surface area contributed by atoms with E-state index in [0.717, 1.165) is 23.4 Å². The third kappa shape index (κ3) is 6.69. The van der Waals surface area contributed by atoms with Crippen LogP contribution < -0.4 is 19.7 Å². The van der Waals surface area contributed by atoms with Gasteiger partial charge in [0.15, 0.2) is 11.5 Å². The molecule has 2 heterocycles. The average Bonchev–Trinajstić information content (AvgIpc) is 3.30. The van der Waals surface area contributed by atoms with Gasteiger partial charge in [0.25, 0.3) is 11.8 Å². The highest BCUT2D eigenvalue weighted by molar-refractivity contribution is 5.97. The number of para-hydroxylation sites is 1. The molecule has 0 saturated carbocycles. The highest BCUT2D eigenvalue weighted by atomic mass is 19.4. The second-order valence-electron chi connectivity index (χ2n) is 11.1. The van der Waals surface area contributed by atoms with Crippen LogP contribution >= 0.6 is 0 Å². The molecule has 0 aromatic heterocycles. The highest BCUT2D eigenvalue weighted by Gasteiger charge is 2.54. The number of nitrogens with one attached hydrogen (secondary N) is 1. The zero-order chi connectivity index (χ0) is 32.2. The quantitative estimate of drug-likeness (QED) is 0.381. The van der Waals surface area contributed by atoms with Crippen LogP contribution in [0.1, 0.15) is 34.3 Å². The number of ether oxygens (including phenoxy) is 2. The first-order chi connectivity index (χ1) is 21.6. The summed E-state index contributed by atoms with van der Waals surface area (Å²) in [5.41, 5.74) is -0.178. The maximum atomic E-state index is 14.0. The van der Waals surface area contributed by atoms with Gasteiger partial charge >= 0.3 is 6.18 Å². The first-order valence-electron chi connectivity index (χ1n) is 14.6. The molecular weight excluding hydrogens is 589 g/mol. The van der Waals surface area contributed by atoms with Crippen LogP contribution in [0, 0.1) is 0 Å². The summed E-state index contributed by atoms with van der Waals surface area (Å²) in [5.74, 6) is 0.176. The Labute approximate surface area is 259 Å². The van der Waals surface area contributed by atoms with Gasteiger partial charge in [0.2, 0.25) is 5.91 Å². The van der Waals surface area contributed by atoms with Crippen LogP contribution in [0.25, 0.3) is 0 Å². The van der Waals surface area contributed by atoms with Crippen LogP contribution in [0.5, 0.6) is 11.5 Å². The van der Waals surface area contributed by atoms with Crippen molar-refractivity contribution < 1.29 is 37.0 Å². The Morgan fingerprint density at radius 2 is 1.62 bits per heavy atom. The molecule has 3 aromatic rings. The normalized spacial score (nSPS) is 16.2. The number of hydrogen-bond donors (Lipinski definition) is 1. The van der Waals surface area contributed by atoms with Crippen LogP contribution in [-0.4, -0.2) is 80.1 Å². The lowest BCUT2D eigenvalue weighted by atomic mass is 9.85. The van der Waals surface area contributed by atoms with Gasteiger partial charge in [-0.25, -0.2) is 0 Å². The first-order valence-corrected chi connectivity index (χ1v) is 14.6. The first kappa shape index (κ1) is 31.7. The number of piperidine rings is 1. The van der Waals surface area contributed by atoms with E-state index in [0.29, 0.717) is 24.5 Å². The molecule has 12 heteroatoms. The van der Waals surface area contributed by atoms with Crippen LogP contribution in [-0.2, 0) is 22.2 Å². The molecule has 238 valence electrons. The van der Waals surface area contributed by atoms with Crippen LogP contribution in [0.2, 0.25) is 0 Å². The number of likely N-dealkylation sites (tertiary alicyclic amines) is 1. The van der Waals surface area contributed by atoms with Crippen LogP contribution in [0.4, 0.5) is 18.9 Å². The maximum Gasteiger partial charge on any atom is 0.416 e. The van der Waals surface area contributed by atoms with E-state index in [1.165, 1.54) is 21.9 Å². The van der Waals surface area contributed by atoms with Crippen molar-refractivity contribution in [1.82, 2.24) is 15.1 Å². The van der Waals surface area contributed by atoms with E-state index in [4.69, 9.17) is 9.47 Å². The Balaban J connectivity index is 1.25. The Morgan fingerprint density at radius 3 is 2.29 bits per heavy atom. The number of benzene rings is 3. The molecule has 2 aliphatic heterocycles. The zero-order valence-electron chi connectivity index (χ0n) is 25.1. The van der Waals surface area contributed by atoms with E-state index in [9.17, 15) is 27.6 Å². The number of rotatable bonds is 9. The molecule has 0 bridgehead atoms. The fourth-order valence-electron chi connectivity index (χ4n) is 6.02. The molecule has 9 nitrogen and oxygen atoms in total. The molecule has 45 heavy (non-hydrogen) atoms. The summed E-state index contributed by atoms with van der Waals surface area (Å²) in [6.07, 6.45) is -3.48. The van der Waals surface area contributed by atoms with Gasteiger partial charge in [0, 0.05) is 30.9 Å². The van der Waals surface area contributed by atoms with Crippen molar-refractivity contribution in [3.63, 3.8) is 0 Å². The van der Waals surface area contributed by atoms with E-state index in [2.05, 4.69) is 5.32 Å². The van der Waals surface area contributed by atoms with E-state index in [-0.39, 0.29) is 56.5 Å². The number of nitrogens with zero attached hydrogens (tertiary/aromatic N) is 3. The lowest BCUT2D eigenvalue weighted by Crippen LogP contribution is -2.57. The van der Waals surface area contributed by atoms with Gasteiger partial charge < -0.3 is 29.5 Å². The molecule has 0 atom stereocenters. The van der Waals surface area contributed by atoms with Crippen molar-refractivity contribution in [1.29, 1.82) is 0 Å². The standard InChI is InChI=1S/C33H35F3N4O5/c1-44-27-12-11-23(19-28(27)45-2)13-16-37-29(41)21-39-22-40(26-9-4-3-5-10-26)32(31(39)43)14-17-38(18-15-32)30(42)24-7-6-8-25(20-24)33(34,35)36/h3-12,19-20H,13-18,21-22H2,1-2H3,(H,37,41). The summed E-state index contributed by atoms with van der Waals surface area (Å²) >= 11 is 0. The smallest absolute Gasteiger partial charge is 0.416 e. The molecule has 1 N–H and O–H groups in total. The van der Waals surface area contributed by atoms with Crippen LogP contribution in [0.3, 0.4) is 0 Å². The fourth-order valence-corrected chi connectivity index (χ4v) is 6.02. The van der Waals surface area contributed by atoms with Crippen molar-refractivity contribution in [3.05, 3.63) is 89.5 Å². The summed E-state index contributed by atoms with van der Waals surface area (Å²) in [6, 6.07) is 19.3. The van der Waals surface area contributed by atoms with Gasteiger partial charge in [0.05, 0.1) is 26.5 Å². The maximum absolute atomic E-state index is 14.0. The Hall–Kier alpha value is -4.74. The van der Waals surface area contributed by atoms with Gasteiger partial charge in [-0.1, -0.05) is 30.3 Å². The predicted octanol–water partition coefficient (Wildman–Crippen LogP) is 4.36. The SMILES string of the molecule is COc1ccc(CCNC(=O)CN2CN(c3ccccc3)C3(CCN(C(=O)c4cccc(C(F)(F)F)c4)CC3)C2=O)cc1OC. The van der Waals surface area contributed by atoms with E-state index in [1.54, 1.807) is 20.3 Å². The van der Waals surface area contributed by atoms with Gasteiger partial charge in [-0.3, -0.25) is 14.4 Å². The Bertz CT molecular complexity index is 1540. The van der Waals surface area contributed by atoms with Crippen molar-refractivity contribution in [3.8, 4) is 11.5 Å². The number of alkyl halides is 3. The average molecular weight is 625 g/mol. The van der Waals surface area contributed by atoms with Crippen molar-refractivity contribution in [2.75, 3.05) is 52.0 Å². The van der Waals surface area contributed by atoms with Crippen molar-refractivity contribution in [2.24, 2.45) is 0 Å². The number of anilines is 1. The third-order valence-corrected chi connectivity index (χ3v) is 8.41. The topological polar surface area (TPSA) is 91.4 Å². The van der Waals surface area contributed by atoms with E-state index >= 15 is 0 Å². The molecule has 3 amide bonds. The fraction of sp³-hybridized carbons (Fsp3) is 0.364. The minimum atomic E-state index is -4.56. The van der Waals surface area contributed by atoms with Gasteiger partial charge in [0.1, 0.15) is 12.1 Å². The number of carbonyl (C=O) groups excluding carboxylic acids is 3.